The third kappa shape index (κ3) is 3.46. The third-order valence-electron chi connectivity index (χ3n) is 6.39. The average molecular weight is 350 g/mol. The van der Waals surface area contributed by atoms with E-state index < -0.39 is 12.5 Å². The van der Waals surface area contributed by atoms with Crippen molar-refractivity contribution in [2.24, 2.45) is 5.92 Å². The van der Waals surface area contributed by atoms with Gasteiger partial charge >= 0.3 is 0 Å². The van der Waals surface area contributed by atoms with Crippen molar-refractivity contribution < 1.29 is 13.5 Å². The maximum absolute atomic E-state index is 13.5. The van der Waals surface area contributed by atoms with E-state index in [-0.39, 0.29) is 0 Å². The van der Waals surface area contributed by atoms with Crippen molar-refractivity contribution in [3.63, 3.8) is 0 Å². The SMILES string of the molecule is Cc1ccc([C@]23C[C@H]2CN(CCC(C(F)F)N2CCOCC2)C3)cc1. The summed E-state index contributed by atoms with van der Waals surface area (Å²) in [5, 5.41) is 0. The maximum Gasteiger partial charge on any atom is 0.253 e. The van der Waals surface area contributed by atoms with Crippen molar-refractivity contribution in [3.05, 3.63) is 35.4 Å². The van der Waals surface area contributed by atoms with Crippen LogP contribution in [0.2, 0.25) is 0 Å². The highest BCUT2D eigenvalue weighted by Crippen LogP contribution is 2.58. The second kappa shape index (κ2) is 6.93. The number of piperidine rings is 1. The molecule has 2 heterocycles. The lowest BCUT2D eigenvalue weighted by molar-refractivity contribution is -0.0382. The summed E-state index contributed by atoms with van der Waals surface area (Å²) >= 11 is 0. The number of hydrogen-bond donors (Lipinski definition) is 0. The molecule has 2 aliphatic heterocycles. The summed E-state index contributed by atoms with van der Waals surface area (Å²) in [4.78, 5) is 4.32. The molecule has 0 spiro atoms. The van der Waals surface area contributed by atoms with Gasteiger partial charge < -0.3 is 9.64 Å². The maximum atomic E-state index is 13.5. The third-order valence-corrected chi connectivity index (χ3v) is 6.39. The topological polar surface area (TPSA) is 15.7 Å². The summed E-state index contributed by atoms with van der Waals surface area (Å²) in [6, 6.07) is 8.26. The highest BCUT2D eigenvalue weighted by atomic mass is 19.3. The van der Waals surface area contributed by atoms with Crippen molar-refractivity contribution >= 4 is 0 Å². The summed E-state index contributed by atoms with van der Waals surface area (Å²) in [5.41, 5.74) is 3.02. The van der Waals surface area contributed by atoms with Crippen molar-refractivity contribution in [1.82, 2.24) is 9.80 Å². The molecule has 3 aliphatic rings. The molecule has 5 heteroatoms. The summed E-state index contributed by atoms with van der Waals surface area (Å²) in [5.74, 6) is 0.712. The van der Waals surface area contributed by atoms with Crippen molar-refractivity contribution in [1.29, 1.82) is 0 Å². The van der Waals surface area contributed by atoms with E-state index in [2.05, 4.69) is 36.1 Å². The number of hydrogen-bond acceptors (Lipinski definition) is 3. The Morgan fingerprint density at radius 2 is 1.92 bits per heavy atom. The first-order valence-electron chi connectivity index (χ1n) is 9.48. The van der Waals surface area contributed by atoms with Gasteiger partial charge in [-0.3, -0.25) is 4.90 Å². The predicted octanol–water partition coefficient (Wildman–Crippen LogP) is 2.92. The second-order valence-corrected chi connectivity index (χ2v) is 8.00. The fourth-order valence-corrected chi connectivity index (χ4v) is 4.78. The average Bonchev–Trinajstić information content (AvgIpc) is 3.18. The Morgan fingerprint density at radius 1 is 1.20 bits per heavy atom. The monoisotopic (exact) mass is 350 g/mol. The van der Waals surface area contributed by atoms with Crippen LogP contribution in [-0.2, 0) is 10.2 Å². The van der Waals surface area contributed by atoms with Crippen molar-refractivity contribution in [2.45, 2.75) is 37.6 Å². The lowest BCUT2D eigenvalue weighted by Gasteiger charge is -2.35. The van der Waals surface area contributed by atoms with Crippen LogP contribution in [0.4, 0.5) is 8.78 Å². The molecule has 0 N–H and O–H groups in total. The van der Waals surface area contributed by atoms with E-state index in [1.54, 1.807) is 0 Å². The molecule has 1 aromatic rings. The summed E-state index contributed by atoms with van der Waals surface area (Å²) in [6.07, 6.45) is -0.468. The van der Waals surface area contributed by atoms with Crippen LogP contribution in [0.3, 0.4) is 0 Å². The summed E-state index contributed by atoms with van der Waals surface area (Å²) < 4.78 is 32.3. The number of fused-ring (bicyclic) bond motifs is 1. The number of nitrogens with zero attached hydrogens (tertiary/aromatic N) is 2. The fraction of sp³-hybridized carbons (Fsp3) is 0.700. The summed E-state index contributed by atoms with van der Waals surface area (Å²) in [6.45, 7) is 7.39. The van der Waals surface area contributed by atoms with Crippen LogP contribution in [0.5, 0.6) is 0 Å². The van der Waals surface area contributed by atoms with Gasteiger partial charge in [0.1, 0.15) is 0 Å². The van der Waals surface area contributed by atoms with Gasteiger partial charge in [0.25, 0.3) is 6.43 Å². The Labute approximate surface area is 148 Å². The Morgan fingerprint density at radius 3 is 2.60 bits per heavy atom. The number of halogens is 2. The Hall–Kier alpha value is -1.04. The summed E-state index contributed by atoms with van der Waals surface area (Å²) in [7, 11) is 0. The molecular weight excluding hydrogens is 322 g/mol. The van der Waals surface area contributed by atoms with Crippen LogP contribution in [0.1, 0.15) is 24.0 Å². The number of benzene rings is 1. The van der Waals surface area contributed by atoms with Crippen LogP contribution in [0.25, 0.3) is 0 Å². The Balaban J connectivity index is 1.34. The highest BCUT2D eigenvalue weighted by molar-refractivity contribution is 5.38. The zero-order valence-electron chi connectivity index (χ0n) is 15.0. The van der Waals surface area contributed by atoms with Gasteiger partial charge in [0.15, 0.2) is 0 Å². The molecular formula is C20H28F2N2O. The molecule has 138 valence electrons. The zero-order chi connectivity index (χ0) is 17.4. The molecule has 1 aliphatic carbocycles. The number of alkyl halides is 2. The molecule has 1 saturated carbocycles. The number of likely N-dealkylation sites (tertiary alicyclic amines) is 1. The molecule has 1 aromatic carbocycles. The standard InChI is InChI=1S/C20H28F2N2O/c1-15-2-4-16(5-3-15)20-12-17(20)13-23(14-20)7-6-18(19(21)22)24-8-10-25-11-9-24/h2-5,17-19H,6-14H2,1H3/t17-,18?,20+/m0/s1. The first kappa shape index (κ1) is 17.4. The molecule has 0 aromatic heterocycles. The molecule has 25 heavy (non-hydrogen) atoms. The van der Waals surface area contributed by atoms with Crippen LogP contribution < -0.4 is 0 Å². The van der Waals surface area contributed by atoms with E-state index in [1.807, 2.05) is 4.90 Å². The second-order valence-electron chi connectivity index (χ2n) is 8.00. The lowest BCUT2D eigenvalue weighted by atomic mass is 9.94. The first-order chi connectivity index (χ1) is 12.1. The van der Waals surface area contributed by atoms with E-state index in [1.165, 1.54) is 17.5 Å². The molecule has 0 radical (unpaired) electrons. The van der Waals surface area contributed by atoms with E-state index in [9.17, 15) is 8.78 Å². The van der Waals surface area contributed by atoms with Gasteiger partial charge in [0, 0.05) is 31.6 Å². The molecule has 4 rings (SSSR count). The van der Waals surface area contributed by atoms with Gasteiger partial charge in [-0.2, -0.15) is 0 Å². The van der Waals surface area contributed by atoms with Crippen LogP contribution in [-0.4, -0.2) is 68.2 Å². The quantitative estimate of drug-likeness (QED) is 0.785. The lowest BCUT2D eigenvalue weighted by Crippen LogP contribution is -2.48. The minimum Gasteiger partial charge on any atom is -0.379 e. The Bertz CT molecular complexity index is 588. The molecule has 0 amide bonds. The number of aryl methyl sites for hydroxylation is 1. The van der Waals surface area contributed by atoms with Crippen molar-refractivity contribution in [3.8, 4) is 0 Å². The van der Waals surface area contributed by atoms with Crippen LogP contribution in [0, 0.1) is 12.8 Å². The van der Waals surface area contributed by atoms with Crippen LogP contribution in [0.15, 0.2) is 24.3 Å². The molecule has 3 nitrogen and oxygen atoms in total. The predicted molar refractivity (Wildman–Crippen MR) is 94.2 cm³/mol. The molecule has 2 saturated heterocycles. The molecule has 3 fully saturated rings. The number of ether oxygens (including phenoxy) is 1. The normalized spacial score (nSPS) is 31.3. The molecule has 3 atom stereocenters. The van der Waals surface area contributed by atoms with Gasteiger partial charge in [-0.25, -0.2) is 8.78 Å². The zero-order valence-corrected chi connectivity index (χ0v) is 15.0. The van der Waals surface area contributed by atoms with Gasteiger partial charge in [-0.1, -0.05) is 29.8 Å². The minimum atomic E-state index is -2.28. The van der Waals surface area contributed by atoms with Gasteiger partial charge in [0.2, 0.25) is 0 Å². The van der Waals surface area contributed by atoms with E-state index in [0.717, 1.165) is 19.6 Å². The molecule has 0 bridgehead atoms. The largest absolute Gasteiger partial charge is 0.379 e. The highest BCUT2D eigenvalue weighted by Gasteiger charge is 2.60. The number of rotatable bonds is 6. The first-order valence-corrected chi connectivity index (χ1v) is 9.48. The number of morpholine rings is 1. The smallest absolute Gasteiger partial charge is 0.253 e. The molecule has 1 unspecified atom stereocenters. The van der Waals surface area contributed by atoms with Gasteiger partial charge in [-0.15, -0.1) is 0 Å². The van der Waals surface area contributed by atoms with Gasteiger partial charge in [0.05, 0.1) is 19.3 Å². The van der Waals surface area contributed by atoms with Crippen molar-refractivity contribution in [2.75, 3.05) is 45.9 Å². The van der Waals surface area contributed by atoms with Gasteiger partial charge in [-0.05, 0) is 37.8 Å². The fourth-order valence-electron chi connectivity index (χ4n) is 4.78. The van der Waals surface area contributed by atoms with Crippen LogP contribution >= 0.6 is 0 Å². The minimum absolute atomic E-state index is 0.299. The van der Waals surface area contributed by atoms with E-state index in [0.29, 0.717) is 44.1 Å². The Kier molecular flexibility index (Phi) is 4.82. The van der Waals surface area contributed by atoms with E-state index in [4.69, 9.17) is 4.74 Å². The van der Waals surface area contributed by atoms with E-state index >= 15 is 0 Å².